The Morgan fingerprint density at radius 3 is 1.22 bits per heavy atom. The Labute approximate surface area is 394 Å². The van der Waals surface area contributed by atoms with Gasteiger partial charge in [0, 0.05) is 33.3 Å². The standard InChI is InChI=1S/C49H96N4O12/c1-8-10-12-14-16-18-20-22-24-26-28-31-50-44(54)61-40-43(65-47(57)51-32-29-27-25-23-21-19-17-15-13-11-9-2)41-62-45(55)52-33-36-59-38-39-60-37-34-53-46(56)63-42-49(5,6)64-35-30-48(3,4)58-7/h43H,8-42H2,1-7H3,(H,50,54)(H,51,57)(H,52,55)(H,53,56)/t43-/m1/s1. The summed E-state index contributed by atoms with van der Waals surface area (Å²) in [4.78, 5) is 49.5. The first kappa shape index (κ1) is 61.9. The van der Waals surface area contributed by atoms with Gasteiger partial charge in [0.2, 0.25) is 0 Å². The predicted molar refractivity (Wildman–Crippen MR) is 257 cm³/mol. The van der Waals surface area contributed by atoms with Gasteiger partial charge in [-0.25, -0.2) is 19.2 Å². The zero-order chi connectivity index (χ0) is 48.1. The first-order valence-corrected chi connectivity index (χ1v) is 25.3. The number of hydrogen-bond donors (Lipinski definition) is 4. The van der Waals surface area contributed by atoms with Crippen LogP contribution in [0.2, 0.25) is 0 Å². The summed E-state index contributed by atoms with van der Waals surface area (Å²) in [7, 11) is 1.66. The summed E-state index contributed by atoms with van der Waals surface area (Å²) in [6.07, 6.45) is 23.8. The average molecular weight is 933 g/mol. The maximum Gasteiger partial charge on any atom is 0.407 e. The molecule has 4 N–H and O–H groups in total. The van der Waals surface area contributed by atoms with Crippen molar-refractivity contribution in [3.05, 3.63) is 0 Å². The molecule has 4 amide bonds. The van der Waals surface area contributed by atoms with E-state index in [0.717, 1.165) is 38.5 Å². The number of carbonyl (C=O) groups is 4. The normalized spacial score (nSPS) is 12.0. The van der Waals surface area contributed by atoms with E-state index in [1.54, 1.807) is 7.11 Å². The zero-order valence-electron chi connectivity index (χ0n) is 42.2. The Balaban J connectivity index is 4.38. The molecule has 0 saturated carbocycles. The van der Waals surface area contributed by atoms with Crippen LogP contribution in [0.5, 0.6) is 0 Å². The molecule has 0 heterocycles. The summed E-state index contributed by atoms with van der Waals surface area (Å²) >= 11 is 0. The maximum absolute atomic E-state index is 12.6. The van der Waals surface area contributed by atoms with Crippen LogP contribution in [0.3, 0.4) is 0 Å². The molecule has 0 aromatic heterocycles. The molecular formula is C49H96N4O12. The highest BCUT2D eigenvalue weighted by molar-refractivity contribution is 5.69. The maximum atomic E-state index is 12.6. The highest BCUT2D eigenvalue weighted by Gasteiger charge is 2.24. The van der Waals surface area contributed by atoms with E-state index in [-0.39, 0.29) is 64.9 Å². The molecule has 0 fully saturated rings. The lowest BCUT2D eigenvalue weighted by molar-refractivity contribution is -0.0808. The second-order valence-corrected chi connectivity index (χ2v) is 18.1. The van der Waals surface area contributed by atoms with Crippen LogP contribution in [0.25, 0.3) is 0 Å². The summed E-state index contributed by atoms with van der Waals surface area (Å²) in [6.45, 7) is 14.6. The quantitative estimate of drug-likeness (QED) is 0.0334. The smallest absolute Gasteiger partial charge is 0.407 e. The number of unbranched alkanes of at least 4 members (excludes halogenated alkanes) is 20. The molecule has 0 saturated heterocycles. The number of ether oxygens (including phenoxy) is 8. The van der Waals surface area contributed by atoms with E-state index < -0.39 is 36.1 Å². The van der Waals surface area contributed by atoms with Gasteiger partial charge in [0.15, 0.2) is 6.10 Å². The lowest BCUT2D eigenvalue weighted by Gasteiger charge is -2.28. The van der Waals surface area contributed by atoms with Gasteiger partial charge in [-0.05, 0) is 47.0 Å². The fourth-order valence-corrected chi connectivity index (χ4v) is 6.49. The van der Waals surface area contributed by atoms with Crippen LogP contribution in [0.1, 0.15) is 189 Å². The molecule has 0 aliphatic rings. The second-order valence-electron chi connectivity index (χ2n) is 18.1. The molecule has 65 heavy (non-hydrogen) atoms. The van der Waals surface area contributed by atoms with Crippen molar-refractivity contribution in [2.45, 2.75) is 207 Å². The van der Waals surface area contributed by atoms with Crippen molar-refractivity contribution in [2.24, 2.45) is 0 Å². The van der Waals surface area contributed by atoms with Crippen molar-refractivity contribution in [3.63, 3.8) is 0 Å². The largest absolute Gasteiger partial charge is 0.447 e. The van der Waals surface area contributed by atoms with E-state index >= 15 is 0 Å². The van der Waals surface area contributed by atoms with E-state index in [0.29, 0.717) is 26.1 Å². The highest BCUT2D eigenvalue weighted by atomic mass is 16.6. The minimum Gasteiger partial charge on any atom is -0.447 e. The van der Waals surface area contributed by atoms with Crippen LogP contribution >= 0.6 is 0 Å². The van der Waals surface area contributed by atoms with E-state index in [2.05, 4.69) is 35.1 Å². The molecule has 0 aromatic rings. The Morgan fingerprint density at radius 1 is 0.431 bits per heavy atom. The number of amides is 4. The van der Waals surface area contributed by atoms with E-state index in [9.17, 15) is 19.2 Å². The number of methoxy groups -OCH3 is 1. The third kappa shape index (κ3) is 44.5. The molecule has 1 atom stereocenters. The van der Waals surface area contributed by atoms with Crippen molar-refractivity contribution < 1.29 is 57.1 Å². The first-order valence-electron chi connectivity index (χ1n) is 25.3. The van der Waals surface area contributed by atoms with E-state index in [4.69, 9.17) is 37.9 Å². The summed E-state index contributed by atoms with van der Waals surface area (Å²) in [5.74, 6) is 0. The van der Waals surface area contributed by atoms with Gasteiger partial charge in [-0.15, -0.1) is 0 Å². The molecule has 0 unspecified atom stereocenters. The third-order valence-corrected chi connectivity index (χ3v) is 10.9. The second kappa shape index (κ2) is 43.5. The Hall–Kier alpha value is -3.08. The van der Waals surface area contributed by atoms with Crippen molar-refractivity contribution in [1.82, 2.24) is 21.3 Å². The highest BCUT2D eigenvalue weighted by Crippen LogP contribution is 2.17. The molecule has 0 aromatic carbocycles. The van der Waals surface area contributed by atoms with Gasteiger partial charge in [-0.2, -0.15) is 0 Å². The Kier molecular flexibility index (Phi) is 41.4. The van der Waals surface area contributed by atoms with Crippen molar-refractivity contribution in [2.75, 3.05) is 86.1 Å². The fourth-order valence-electron chi connectivity index (χ4n) is 6.49. The molecule has 0 radical (unpaired) electrons. The number of alkyl carbamates (subject to hydrolysis) is 4. The van der Waals surface area contributed by atoms with Crippen molar-refractivity contribution in [3.8, 4) is 0 Å². The van der Waals surface area contributed by atoms with Gasteiger partial charge in [-0.3, -0.25) is 0 Å². The predicted octanol–water partition coefficient (Wildman–Crippen LogP) is 10.5. The first-order chi connectivity index (χ1) is 31.3. The average Bonchev–Trinajstić information content (AvgIpc) is 3.27. The summed E-state index contributed by atoms with van der Waals surface area (Å²) in [5, 5.41) is 10.7. The van der Waals surface area contributed by atoms with Crippen molar-refractivity contribution >= 4 is 24.4 Å². The number of nitrogens with one attached hydrogen (secondary N) is 4. The molecule has 0 bridgehead atoms. The number of hydrogen-bond acceptors (Lipinski definition) is 12. The minimum absolute atomic E-state index is 0.0975. The topological polar surface area (TPSA) is 190 Å². The number of carbonyl (C=O) groups excluding carboxylic acids is 4. The lowest BCUT2D eigenvalue weighted by Crippen LogP contribution is -2.38. The van der Waals surface area contributed by atoms with Crippen molar-refractivity contribution in [1.29, 1.82) is 0 Å². The van der Waals surface area contributed by atoms with Gasteiger partial charge in [0.05, 0.1) is 44.2 Å². The molecule has 384 valence electrons. The molecule has 0 aliphatic carbocycles. The molecule has 16 heteroatoms. The summed E-state index contributed by atoms with van der Waals surface area (Å²) in [5.41, 5.74) is -0.927. The summed E-state index contributed by atoms with van der Waals surface area (Å²) < 4.78 is 43.6. The minimum atomic E-state index is -1.000. The van der Waals surface area contributed by atoms with Crippen LogP contribution in [0.4, 0.5) is 19.2 Å². The van der Waals surface area contributed by atoms with Crippen LogP contribution in [-0.2, 0) is 37.9 Å². The van der Waals surface area contributed by atoms with Crippen LogP contribution in [0.15, 0.2) is 0 Å². The van der Waals surface area contributed by atoms with Crippen LogP contribution < -0.4 is 21.3 Å². The van der Waals surface area contributed by atoms with Gasteiger partial charge < -0.3 is 59.2 Å². The Bertz CT molecular complexity index is 1150. The molecular weight excluding hydrogens is 837 g/mol. The zero-order valence-corrected chi connectivity index (χ0v) is 42.2. The molecule has 0 rings (SSSR count). The van der Waals surface area contributed by atoms with Crippen LogP contribution in [0, 0.1) is 0 Å². The Morgan fingerprint density at radius 2 is 0.800 bits per heavy atom. The monoisotopic (exact) mass is 933 g/mol. The van der Waals surface area contributed by atoms with Gasteiger partial charge >= 0.3 is 24.4 Å². The molecule has 0 aliphatic heterocycles. The van der Waals surface area contributed by atoms with Gasteiger partial charge in [-0.1, -0.05) is 142 Å². The SMILES string of the molecule is CCCCCCCCCCCCCNC(=O)OC[C@H](COC(=O)NCCOCCOCCNC(=O)OCC(C)(C)OCCC(C)(C)OC)OC(=O)NCCCCCCCCCCCCC. The van der Waals surface area contributed by atoms with E-state index in [1.165, 1.54) is 103 Å². The summed E-state index contributed by atoms with van der Waals surface area (Å²) in [6, 6.07) is 0. The lowest BCUT2D eigenvalue weighted by atomic mass is 10.1. The third-order valence-electron chi connectivity index (χ3n) is 10.9. The van der Waals surface area contributed by atoms with E-state index in [1.807, 2.05) is 27.7 Å². The van der Waals surface area contributed by atoms with Gasteiger partial charge in [0.1, 0.15) is 19.8 Å². The molecule has 16 nitrogen and oxygen atoms in total. The molecule has 0 spiro atoms. The fraction of sp³-hybridized carbons (Fsp3) is 0.918. The van der Waals surface area contributed by atoms with Crippen LogP contribution in [-0.4, -0.2) is 128 Å². The van der Waals surface area contributed by atoms with Gasteiger partial charge in [0.25, 0.3) is 0 Å². The number of rotatable bonds is 45.